The Morgan fingerprint density at radius 1 is 1.31 bits per heavy atom. The van der Waals surface area contributed by atoms with Crippen LogP contribution in [0.15, 0.2) is 33.9 Å². The second-order valence-corrected chi connectivity index (χ2v) is 4.94. The molecule has 2 nitrogen and oxygen atoms in total. The number of oxime groups is 1. The Bertz CT molecular complexity index is 389. The second kappa shape index (κ2) is 5.48. The Kier molecular flexibility index (Phi) is 3.99. The van der Waals surface area contributed by atoms with Crippen molar-refractivity contribution in [3.05, 3.63) is 34.3 Å². The van der Waals surface area contributed by atoms with Gasteiger partial charge < -0.3 is 4.84 Å². The lowest BCUT2D eigenvalue weighted by molar-refractivity contribution is 0.210. The first-order valence-electron chi connectivity index (χ1n) is 5.67. The topological polar surface area (TPSA) is 21.6 Å². The van der Waals surface area contributed by atoms with Gasteiger partial charge in [-0.3, -0.25) is 0 Å². The van der Waals surface area contributed by atoms with E-state index in [0.29, 0.717) is 5.92 Å². The Labute approximate surface area is 105 Å². The fourth-order valence-electron chi connectivity index (χ4n) is 2.31. The molecule has 86 valence electrons. The van der Waals surface area contributed by atoms with Crippen molar-refractivity contribution in [3.8, 4) is 0 Å². The molecule has 1 unspecified atom stereocenters. The molecule has 0 heterocycles. The van der Waals surface area contributed by atoms with Crippen LogP contribution in [0.2, 0.25) is 0 Å². The van der Waals surface area contributed by atoms with Gasteiger partial charge in [-0.1, -0.05) is 45.7 Å². The van der Waals surface area contributed by atoms with Gasteiger partial charge in [-0.2, -0.15) is 0 Å². The molecule has 1 atom stereocenters. The lowest BCUT2D eigenvalue weighted by atomic mass is 9.82. The van der Waals surface area contributed by atoms with Crippen LogP contribution < -0.4 is 0 Å². The molecule has 16 heavy (non-hydrogen) atoms. The van der Waals surface area contributed by atoms with Crippen LogP contribution in [-0.4, -0.2) is 12.8 Å². The summed E-state index contributed by atoms with van der Waals surface area (Å²) in [6.45, 7) is 0. The van der Waals surface area contributed by atoms with E-state index in [1.807, 2.05) is 6.07 Å². The quantitative estimate of drug-likeness (QED) is 0.748. The summed E-state index contributed by atoms with van der Waals surface area (Å²) in [7, 11) is 1.62. The number of rotatable bonds is 2. The normalized spacial score (nSPS) is 23.4. The van der Waals surface area contributed by atoms with E-state index >= 15 is 0 Å². The summed E-state index contributed by atoms with van der Waals surface area (Å²) >= 11 is 3.61. The summed E-state index contributed by atoms with van der Waals surface area (Å²) in [5.41, 5.74) is 2.51. The molecule has 0 amide bonds. The molecule has 0 N–H and O–H groups in total. The van der Waals surface area contributed by atoms with Gasteiger partial charge in [0.15, 0.2) is 0 Å². The molecule has 0 saturated heterocycles. The van der Waals surface area contributed by atoms with E-state index in [1.54, 1.807) is 7.11 Å². The summed E-state index contributed by atoms with van der Waals surface area (Å²) in [6.07, 6.45) is 4.72. The summed E-state index contributed by atoms with van der Waals surface area (Å²) in [6, 6.07) is 8.39. The average molecular weight is 282 g/mol. The van der Waals surface area contributed by atoms with Crippen molar-refractivity contribution < 1.29 is 4.84 Å². The van der Waals surface area contributed by atoms with Crippen molar-refractivity contribution in [1.29, 1.82) is 0 Å². The standard InChI is InChI=1S/C13H16BrNO/c1-16-15-13-9-5-3-7-11(13)10-6-2-4-8-12(10)14/h2,4,6,8,11H,3,5,7,9H2,1H3/b15-13+. The van der Waals surface area contributed by atoms with Crippen LogP contribution in [0.5, 0.6) is 0 Å². The van der Waals surface area contributed by atoms with E-state index in [1.165, 1.54) is 35.0 Å². The highest BCUT2D eigenvalue weighted by Crippen LogP contribution is 2.34. The van der Waals surface area contributed by atoms with Gasteiger partial charge in [0.05, 0.1) is 5.71 Å². The molecule has 0 aliphatic heterocycles. The van der Waals surface area contributed by atoms with E-state index < -0.39 is 0 Å². The average Bonchev–Trinajstić information content (AvgIpc) is 2.31. The second-order valence-electron chi connectivity index (χ2n) is 4.09. The molecule has 0 bridgehead atoms. The minimum absolute atomic E-state index is 0.421. The third kappa shape index (κ3) is 2.46. The molecule has 1 saturated carbocycles. The van der Waals surface area contributed by atoms with Crippen molar-refractivity contribution in [2.45, 2.75) is 31.6 Å². The van der Waals surface area contributed by atoms with Crippen LogP contribution >= 0.6 is 15.9 Å². The van der Waals surface area contributed by atoms with Gasteiger partial charge in [-0.15, -0.1) is 0 Å². The summed E-state index contributed by atoms with van der Waals surface area (Å²) in [5.74, 6) is 0.421. The SMILES string of the molecule is CO/N=C1\CCCCC1c1ccccc1Br. The Balaban J connectivity index is 2.30. The molecular formula is C13H16BrNO. The van der Waals surface area contributed by atoms with E-state index in [4.69, 9.17) is 4.84 Å². The van der Waals surface area contributed by atoms with Crippen LogP contribution in [0.3, 0.4) is 0 Å². The number of hydrogen-bond acceptors (Lipinski definition) is 2. The predicted octanol–water partition coefficient (Wildman–Crippen LogP) is 4.11. The van der Waals surface area contributed by atoms with Gasteiger partial charge in [0.2, 0.25) is 0 Å². The number of halogens is 1. The van der Waals surface area contributed by atoms with E-state index in [0.717, 1.165) is 6.42 Å². The number of benzene rings is 1. The molecule has 1 aromatic rings. The zero-order valence-corrected chi connectivity index (χ0v) is 11.0. The predicted molar refractivity (Wildman–Crippen MR) is 69.8 cm³/mol. The van der Waals surface area contributed by atoms with Crippen molar-refractivity contribution in [2.24, 2.45) is 5.16 Å². The van der Waals surface area contributed by atoms with Gasteiger partial charge in [0.25, 0.3) is 0 Å². The first kappa shape index (κ1) is 11.6. The van der Waals surface area contributed by atoms with E-state index in [-0.39, 0.29) is 0 Å². The highest BCUT2D eigenvalue weighted by Gasteiger charge is 2.24. The largest absolute Gasteiger partial charge is 0.399 e. The van der Waals surface area contributed by atoms with Crippen molar-refractivity contribution in [1.82, 2.24) is 0 Å². The van der Waals surface area contributed by atoms with Crippen LogP contribution in [0.25, 0.3) is 0 Å². The van der Waals surface area contributed by atoms with Crippen molar-refractivity contribution in [2.75, 3.05) is 7.11 Å². The van der Waals surface area contributed by atoms with Crippen LogP contribution in [-0.2, 0) is 4.84 Å². The first-order chi connectivity index (χ1) is 7.83. The highest BCUT2D eigenvalue weighted by molar-refractivity contribution is 9.10. The van der Waals surface area contributed by atoms with Gasteiger partial charge in [-0.05, 0) is 30.9 Å². The van der Waals surface area contributed by atoms with Gasteiger partial charge in [-0.25, -0.2) is 0 Å². The highest BCUT2D eigenvalue weighted by atomic mass is 79.9. The molecule has 0 radical (unpaired) electrons. The molecule has 1 aliphatic rings. The van der Waals surface area contributed by atoms with Crippen molar-refractivity contribution >= 4 is 21.6 Å². The molecule has 1 aliphatic carbocycles. The van der Waals surface area contributed by atoms with Gasteiger partial charge in [0.1, 0.15) is 7.11 Å². The minimum Gasteiger partial charge on any atom is -0.399 e. The van der Waals surface area contributed by atoms with Gasteiger partial charge >= 0.3 is 0 Å². The maximum atomic E-state index is 4.95. The molecule has 3 heteroatoms. The van der Waals surface area contributed by atoms with Crippen LogP contribution in [0.1, 0.15) is 37.2 Å². The molecular weight excluding hydrogens is 266 g/mol. The summed E-state index contributed by atoms with van der Waals surface area (Å²) in [5, 5.41) is 4.18. The number of hydrogen-bond donors (Lipinski definition) is 0. The lowest BCUT2D eigenvalue weighted by Crippen LogP contribution is -2.18. The fourth-order valence-corrected chi connectivity index (χ4v) is 2.88. The molecule has 2 rings (SSSR count). The summed E-state index contributed by atoms with van der Waals surface area (Å²) in [4.78, 5) is 4.95. The maximum Gasteiger partial charge on any atom is 0.106 e. The lowest BCUT2D eigenvalue weighted by Gasteiger charge is -2.24. The van der Waals surface area contributed by atoms with E-state index in [9.17, 15) is 0 Å². The smallest absolute Gasteiger partial charge is 0.106 e. The number of nitrogens with zero attached hydrogens (tertiary/aromatic N) is 1. The van der Waals surface area contributed by atoms with Gasteiger partial charge in [0, 0.05) is 10.4 Å². The maximum absolute atomic E-state index is 4.95. The minimum atomic E-state index is 0.421. The Hall–Kier alpha value is -0.830. The van der Waals surface area contributed by atoms with Crippen LogP contribution in [0, 0.1) is 0 Å². The zero-order valence-electron chi connectivity index (χ0n) is 9.45. The summed E-state index contributed by atoms with van der Waals surface area (Å²) < 4.78 is 1.17. The molecule has 0 aromatic heterocycles. The molecule has 0 spiro atoms. The zero-order chi connectivity index (χ0) is 11.4. The van der Waals surface area contributed by atoms with E-state index in [2.05, 4.69) is 39.3 Å². The Morgan fingerprint density at radius 3 is 2.88 bits per heavy atom. The molecule has 1 fully saturated rings. The third-order valence-electron chi connectivity index (χ3n) is 3.07. The fraction of sp³-hybridized carbons (Fsp3) is 0.462. The van der Waals surface area contributed by atoms with Crippen LogP contribution in [0.4, 0.5) is 0 Å². The monoisotopic (exact) mass is 281 g/mol. The third-order valence-corrected chi connectivity index (χ3v) is 3.79. The Morgan fingerprint density at radius 2 is 2.12 bits per heavy atom. The van der Waals surface area contributed by atoms with Crippen molar-refractivity contribution in [3.63, 3.8) is 0 Å². The molecule has 1 aromatic carbocycles. The first-order valence-corrected chi connectivity index (χ1v) is 6.46.